The van der Waals surface area contributed by atoms with Crippen LogP contribution in [0.3, 0.4) is 0 Å². The van der Waals surface area contributed by atoms with E-state index in [1.165, 1.54) is 0 Å². The van der Waals surface area contributed by atoms with Crippen LogP contribution in [-0.4, -0.2) is 50.9 Å². The van der Waals surface area contributed by atoms with E-state index in [0.717, 1.165) is 29.8 Å². The highest BCUT2D eigenvalue weighted by molar-refractivity contribution is 5.96. The summed E-state index contributed by atoms with van der Waals surface area (Å²) >= 11 is 0. The quantitative estimate of drug-likeness (QED) is 0.873. The summed E-state index contributed by atoms with van der Waals surface area (Å²) in [4.78, 5) is 27.3. The molecule has 1 N–H and O–H groups in total. The molecule has 0 bridgehead atoms. The van der Waals surface area contributed by atoms with E-state index in [4.69, 9.17) is 0 Å². The van der Waals surface area contributed by atoms with Gasteiger partial charge in [0.05, 0.1) is 6.42 Å². The SMILES string of the molecule is CN(C)CCNC(=O)Cc1ccc2c(c1)CCC(=O)N2C. The van der Waals surface area contributed by atoms with Gasteiger partial charge in [-0.3, -0.25) is 9.59 Å². The summed E-state index contributed by atoms with van der Waals surface area (Å²) in [6.45, 7) is 1.50. The zero-order chi connectivity index (χ0) is 15.4. The van der Waals surface area contributed by atoms with Crippen LogP contribution >= 0.6 is 0 Å². The molecule has 5 nitrogen and oxygen atoms in total. The number of fused-ring (bicyclic) bond motifs is 1. The Bertz CT molecular complexity index is 540. The largest absolute Gasteiger partial charge is 0.355 e. The Labute approximate surface area is 125 Å². The van der Waals surface area contributed by atoms with E-state index < -0.39 is 0 Å². The number of rotatable bonds is 5. The van der Waals surface area contributed by atoms with Crippen LogP contribution in [0.15, 0.2) is 18.2 Å². The van der Waals surface area contributed by atoms with E-state index in [1.807, 2.05) is 37.2 Å². The van der Waals surface area contributed by atoms with Gasteiger partial charge in [-0.05, 0) is 37.7 Å². The first-order chi connectivity index (χ1) is 9.97. The first-order valence-electron chi connectivity index (χ1n) is 7.27. The fourth-order valence-corrected chi connectivity index (χ4v) is 2.49. The molecule has 1 aliphatic heterocycles. The van der Waals surface area contributed by atoms with Gasteiger partial charge in [-0.2, -0.15) is 0 Å². The van der Waals surface area contributed by atoms with Crippen LogP contribution in [0.4, 0.5) is 5.69 Å². The molecule has 2 amide bonds. The Morgan fingerprint density at radius 1 is 1.33 bits per heavy atom. The maximum absolute atomic E-state index is 11.9. The summed E-state index contributed by atoms with van der Waals surface area (Å²) in [6, 6.07) is 5.91. The van der Waals surface area contributed by atoms with Crippen LogP contribution < -0.4 is 10.2 Å². The van der Waals surface area contributed by atoms with Crippen molar-refractivity contribution in [1.82, 2.24) is 10.2 Å². The van der Waals surface area contributed by atoms with E-state index >= 15 is 0 Å². The summed E-state index contributed by atoms with van der Waals surface area (Å²) in [5.41, 5.74) is 3.11. The second kappa shape index (κ2) is 6.72. The topological polar surface area (TPSA) is 52.7 Å². The fourth-order valence-electron chi connectivity index (χ4n) is 2.49. The lowest BCUT2D eigenvalue weighted by molar-refractivity contribution is -0.120. The van der Waals surface area contributed by atoms with Crippen molar-refractivity contribution in [1.29, 1.82) is 0 Å². The fraction of sp³-hybridized carbons (Fsp3) is 0.500. The third-order valence-corrected chi connectivity index (χ3v) is 3.73. The van der Waals surface area contributed by atoms with Crippen LogP contribution in [0, 0.1) is 0 Å². The third-order valence-electron chi connectivity index (χ3n) is 3.73. The molecule has 0 fully saturated rings. The molecular weight excluding hydrogens is 266 g/mol. The zero-order valence-electron chi connectivity index (χ0n) is 13.0. The van der Waals surface area contributed by atoms with Gasteiger partial charge < -0.3 is 15.1 Å². The molecule has 21 heavy (non-hydrogen) atoms. The molecule has 0 saturated carbocycles. The van der Waals surface area contributed by atoms with E-state index in [-0.39, 0.29) is 11.8 Å². The van der Waals surface area contributed by atoms with Crippen molar-refractivity contribution < 1.29 is 9.59 Å². The number of likely N-dealkylation sites (N-methyl/N-ethyl adjacent to an activating group) is 1. The molecule has 0 aromatic heterocycles. The lowest BCUT2D eigenvalue weighted by Crippen LogP contribution is -2.32. The lowest BCUT2D eigenvalue weighted by Gasteiger charge is -2.26. The number of benzene rings is 1. The van der Waals surface area contributed by atoms with Gasteiger partial charge in [0, 0.05) is 32.2 Å². The minimum absolute atomic E-state index is 0.0389. The van der Waals surface area contributed by atoms with Crippen LogP contribution in [0.1, 0.15) is 17.5 Å². The van der Waals surface area contributed by atoms with Gasteiger partial charge in [0.15, 0.2) is 0 Å². The molecule has 0 atom stereocenters. The normalized spacial score (nSPS) is 14.3. The first-order valence-corrected chi connectivity index (χ1v) is 7.27. The molecule has 1 heterocycles. The second-order valence-electron chi connectivity index (χ2n) is 5.75. The van der Waals surface area contributed by atoms with Gasteiger partial charge in [0.2, 0.25) is 11.8 Å². The van der Waals surface area contributed by atoms with Crippen molar-refractivity contribution in [2.45, 2.75) is 19.3 Å². The van der Waals surface area contributed by atoms with E-state index in [9.17, 15) is 9.59 Å². The highest BCUT2D eigenvalue weighted by Gasteiger charge is 2.20. The summed E-state index contributed by atoms with van der Waals surface area (Å²) in [7, 11) is 5.76. The number of amides is 2. The summed E-state index contributed by atoms with van der Waals surface area (Å²) < 4.78 is 0. The summed E-state index contributed by atoms with van der Waals surface area (Å²) in [5, 5.41) is 2.91. The van der Waals surface area contributed by atoms with Gasteiger partial charge in [-0.1, -0.05) is 12.1 Å². The van der Waals surface area contributed by atoms with Gasteiger partial charge in [-0.15, -0.1) is 0 Å². The summed E-state index contributed by atoms with van der Waals surface area (Å²) in [5.74, 6) is 0.189. The summed E-state index contributed by atoms with van der Waals surface area (Å²) in [6.07, 6.45) is 1.69. The standard InChI is InChI=1S/C16H23N3O2/c1-18(2)9-8-17-15(20)11-12-4-6-14-13(10-12)5-7-16(21)19(14)3/h4,6,10H,5,7-9,11H2,1-3H3,(H,17,20). The monoisotopic (exact) mass is 289 g/mol. The molecule has 0 saturated heterocycles. The first kappa shape index (κ1) is 15.5. The Morgan fingerprint density at radius 2 is 2.10 bits per heavy atom. The Hall–Kier alpha value is -1.88. The number of hydrogen-bond acceptors (Lipinski definition) is 3. The van der Waals surface area contributed by atoms with Crippen molar-refractivity contribution in [3.8, 4) is 0 Å². The van der Waals surface area contributed by atoms with E-state index in [0.29, 0.717) is 19.4 Å². The predicted octanol–water partition coefficient (Wildman–Crippen LogP) is 0.816. The highest BCUT2D eigenvalue weighted by Crippen LogP contribution is 2.27. The molecule has 0 unspecified atom stereocenters. The Kier molecular flexibility index (Phi) is 4.96. The van der Waals surface area contributed by atoms with Crippen molar-refractivity contribution in [2.24, 2.45) is 0 Å². The predicted molar refractivity (Wildman–Crippen MR) is 83.4 cm³/mol. The maximum atomic E-state index is 11.9. The molecule has 5 heteroatoms. The molecule has 1 aliphatic rings. The minimum Gasteiger partial charge on any atom is -0.355 e. The average Bonchev–Trinajstić information content (AvgIpc) is 2.42. The smallest absolute Gasteiger partial charge is 0.227 e. The zero-order valence-corrected chi connectivity index (χ0v) is 13.0. The molecule has 0 radical (unpaired) electrons. The molecule has 0 spiro atoms. The molecule has 0 aliphatic carbocycles. The second-order valence-corrected chi connectivity index (χ2v) is 5.75. The van der Waals surface area contributed by atoms with Crippen molar-refractivity contribution in [2.75, 3.05) is 39.1 Å². The lowest BCUT2D eigenvalue weighted by atomic mass is 9.98. The van der Waals surface area contributed by atoms with Crippen molar-refractivity contribution in [3.05, 3.63) is 29.3 Å². The van der Waals surface area contributed by atoms with Crippen LogP contribution in [0.5, 0.6) is 0 Å². The van der Waals surface area contributed by atoms with Gasteiger partial charge in [0.1, 0.15) is 0 Å². The molecule has 114 valence electrons. The molecular formula is C16H23N3O2. The Morgan fingerprint density at radius 3 is 2.81 bits per heavy atom. The Balaban J connectivity index is 1.96. The van der Waals surface area contributed by atoms with E-state index in [2.05, 4.69) is 5.32 Å². The third kappa shape index (κ3) is 4.04. The number of hydrogen-bond donors (Lipinski definition) is 1. The van der Waals surface area contributed by atoms with Crippen LogP contribution in [-0.2, 0) is 22.4 Å². The van der Waals surface area contributed by atoms with Crippen molar-refractivity contribution >= 4 is 17.5 Å². The van der Waals surface area contributed by atoms with Crippen LogP contribution in [0.2, 0.25) is 0 Å². The highest BCUT2D eigenvalue weighted by atomic mass is 16.2. The van der Waals surface area contributed by atoms with Crippen molar-refractivity contribution in [3.63, 3.8) is 0 Å². The average molecular weight is 289 g/mol. The number of anilines is 1. The molecule has 1 aromatic carbocycles. The molecule has 2 rings (SSSR count). The minimum atomic E-state index is 0.0389. The van der Waals surface area contributed by atoms with Gasteiger partial charge in [-0.25, -0.2) is 0 Å². The number of nitrogens with zero attached hydrogens (tertiary/aromatic N) is 2. The van der Waals surface area contributed by atoms with Gasteiger partial charge in [0.25, 0.3) is 0 Å². The number of carbonyl (C=O) groups excluding carboxylic acids is 2. The van der Waals surface area contributed by atoms with Crippen LogP contribution in [0.25, 0.3) is 0 Å². The van der Waals surface area contributed by atoms with E-state index in [1.54, 1.807) is 11.9 Å². The number of carbonyl (C=O) groups is 2. The number of aryl methyl sites for hydroxylation is 1. The maximum Gasteiger partial charge on any atom is 0.227 e. The molecule has 1 aromatic rings. The number of nitrogens with one attached hydrogen (secondary N) is 1. The van der Waals surface area contributed by atoms with Gasteiger partial charge >= 0.3 is 0 Å².